The summed E-state index contributed by atoms with van der Waals surface area (Å²) in [4.78, 5) is 23.5. The summed E-state index contributed by atoms with van der Waals surface area (Å²) in [6.07, 6.45) is 2.66. The van der Waals surface area contributed by atoms with E-state index in [-0.39, 0.29) is 35.7 Å². The van der Waals surface area contributed by atoms with Gasteiger partial charge in [0.2, 0.25) is 5.91 Å². The zero-order valence-electron chi connectivity index (χ0n) is 19.5. The molecule has 1 aromatic rings. The molecule has 3 rings (SSSR count). The van der Waals surface area contributed by atoms with Crippen molar-refractivity contribution in [2.45, 2.75) is 45.2 Å². The van der Waals surface area contributed by atoms with Gasteiger partial charge in [0.1, 0.15) is 5.82 Å². The molecule has 0 aliphatic carbocycles. The van der Waals surface area contributed by atoms with E-state index in [2.05, 4.69) is 39.3 Å². The molecule has 2 aliphatic rings. The Balaban J connectivity index is 0.00000363. The van der Waals surface area contributed by atoms with Crippen molar-refractivity contribution in [3.8, 4) is 0 Å². The Morgan fingerprint density at radius 2 is 1.72 bits per heavy atom. The minimum Gasteiger partial charge on any atom is -0.368 e. The second-order valence-corrected chi connectivity index (χ2v) is 8.64. The molecule has 32 heavy (non-hydrogen) atoms. The van der Waals surface area contributed by atoms with Crippen LogP contribution in [0.15, 0.2) is 29.3 Å². The average molecular weight is 561 g/mol. The van der Waals surface area contributed by atoms with Gasteiger partial charge in [-0.2, -0.15) is 0 Å². The smallest absolute Gasteiger partial charge is 0.224 e. The van der Waals surface area contributed by atoms with Crippen LogP contribution in [-0.4, -0.2) is 86.6 Å². The van der Waals surface area contributed by atoms with Crippen LogP contribution in [0.1, 0.15) is 33.1 Å². The van der Waals surface area contributed by atoms with Crippen LogP contribution in [0.25, 0.3) is 0 Å². The Hall–Kier alpha value is -1.62. The van der Waals surface area contributed by atoms with Gasteiger partial charge in [-0.15, -0.1) is 24.0 Å². The molecule has 180 valence electrons. The summed E-state index contributed by atoms with van der Waals surface area (Å²) in [7, 11) is 1.77. The molecule has 2 fully saturated rings. The molecule has 2 saturated heterocycles. The second-order valence-electron chi connectivity index (χ2n) is 8.64. The molecule has 7 nitrogen and oxygen atoms in total. The molecule has 2 aliphatic heterocycles. The number of hydrogen-bond donors (Lipinski definition) is 2. The van der Waals surface area contributed by atoms with E-state index in [9.17, 15) is 9.18 Å². The maximum Gasteiger partial charge on any atom is 0.224 e. The van der Waals surface area contributed by atoms with Crippen molar-refractivity contribution in [1.82, 2.24) is 20.4 Å². The fraction of sp³-hybridized carbons (Fsp3) is 0.652. The Morgan fingerprint density at radius 3 is 2.28 bits per heavy atom. The van der Waals surface area contributed by atoms with Gasteiger partial charge < -0.3 is 25.3 Å². The van der Waals surface area contributed by atoms with Gasteiger partial charge in [0.05, 0.1) is 0 Å². The summed E-state index contributed by atoms with van der Waals surface area (Å²) in [5.41, 5.74) is 1.00. The quantitative estimate of drug-likeness (QED) is 0.318. The zero-order valence-corrected chi connectivity index (χ0v) is 21.8. The number of nitrogens with zero attached hydrogens (tertiary/aromatic N) is 4. The highest BCUT2D eigenvalue weighted by molar-refractivity contribution is 14.0. The van der Waals surface area contributed by atoms with Crippen LogP contribution in [0, 0.1) is 5.82 Å². The zero-order chi connectivity index (χ0) is 22.2. The number of amides is 1. The number of piperazine rings is 1. The first-order valence-electron chi connectivity index (χ1n) is 11.5. The molecule has 0 radical (unpaired) electrons. The first-order chi connectivity index (χ1) is 15.0. The van der Waals surface area contributed by atoms with E-state index in [1.165, 1.54) is 12.1 Å². The van der Waals surface area contributed by atoms with Gasteiger partial charge in [0.25, 0.3) is 0 Å². The Bertz CT molecular complexity index is 729. The normalized spacial score (nSPS) is 18.5. The number of anilines is 1. The van der Waals surface area contributed by atoms with Crippen molar-refractivity contribution in [3.63, 3.8) is 0 Å². The lowest BCUT2D eigenvalue weighted by Gasteiger charge is -2.36. The number of piperidine rings is 1. The Labute approximate surface area is 208 Å². The van der Waals surface area contributed by atoms with Gasteiger partial charge in [0, 0.05) is 77.1 Å². The molecule has 0 spiro atoms. The van der Waals surface area contributed by atoms with E-state index < -0.39 is 0 Å². The molecule has 2 N–H and O–H groups in total. The summed E-state index contributed by atoms with van der Waals surface area (Å²) < 4.78 is 13.1. The molecular weight excluding hydrogens is 522 g/mol. The lowest BCUT2D eigenvalue weighted by Crippen LogP contribution is -2.51. The number of guanidine groups is 1. The van der Waals surface area contributed by atoms with Crippen molar-refractivity contribution < 1.29 is 9.18 Å². The number of nitrogens with one attached hydrogen (secondary N) is 2. The van der Waals surface area contributed by atoms with Crippen molar-refractivity contribution in [2.75, 3.05) is 57.8 Å². The van der Waals surface area contributed by atoms with Crippen molar-refractivity contribution in [1.29, 1.82) is 0 Å². The highest BCUT2D eigenvalue weighted by Crippen LogP contribution is 2.17. The van der Waals surface area contributed by atoms with Crippen molar-refractivity contribution in [2.24, 2.45) is 4.99 Å². The van der Waals surface area contributed by atoms with Gasteiger partial charge in [-0.05, 0) is 51.0 Å². The maximum atomic E-state index is 13.1. The summed E-state index contributed by atoms with van der Waals surface area (Å²) in [5, 5.41) is 6.79. The lowest BCUT2D eigenvalue weighted by molar-refractivity contribution is -0.131. The molecule has 0 unspecified atom stereocenters. The lowest BCUT2D eigenvalue weighted by atomic mass is 10.0. The van der Waals surface area contributed by atoms with Crippen LogP contribution in [0.4, 0.5) is 10.1 Å². The monoisotopic (exact) mass is 560 g/mol. The molecule has 1 amide bonds. The fourth-order valence-corrected chi connectivity index (χ4v) is 4.26. The van der Waals surface area contributed by atoms with Crippen LogP contribution in [0.2, 0.25) is 0 Å². The highest BCUT2D eigenvalue weighted by atomic mass is 127. The van der Waals surface area contributed by atoms with E-state index in [1.807, 2.05) is 4.90 Å². The number of carbonyl (C=O) groups excluding carboxylic acids is 1. The van der Waals surface area contributed by atoms with Crippen LogP contribution in [-0.2, 0) is 4.79 Å². The van der Waals surface area contributed by atoms with Crippen molar-refractivity contribution in [3.05, 3.63) is 30.1 Å². The summed E-state index contributed by atoms with van der Waals surface area (Å²) in [6.45, 7) is 10.2. The third kappa shape index (κ3) is 7.75. The number of hydrogen-bond acceptors (Lipinski definition) is 4. The molecule has 0 saturated carbocycles. The third-order valence-corrected chi connectivity index (χ3v) is 6.28. The SMILES string of the molecule is CN=C(NCCC(=O)N1CCN(c2ccc(F)cc2)CC1)NC1CCN(C(C)C)CC1.I. The average Bonchev–Trinajstić information content (AvgIpc) is 2.79. The minimum absolute atomic E-state index is 0. The molecule has 0 atom stereocenters. The van der Waals surface area contributed by atoms with E-state index in [0.717, 1.165) is 50.7 Å². The molecular formula is C23H38FIN6O. The minimum atomic E-state index is -0.226. The standard InChI is InChI=1S/C23H37FN6O.HI/c1-18(2)28-12-9-20(10-13-28)27-23(25-3)26-11-8-22(31)30-16-14-29(15-17-30)21-6-4-19(24)5-7-21;/h4-7,18,20H,8-17H2,1-3H3,(H2,25,26,27);1H. The number of carbonyl (C=O) groups is 1. The fourth-order valence-electron chi connectivity index (χ4n) is 4.26. The Kier molecular flexibility index (Phi) is 11.0. The topological polar surface area (TPSA) is 63.2 Å². The first kappa shape index (κ1) is 26.6. The second kappa shape index (κ2) is 13.2. The largest absolute Gasteiger partial charge is 0.368 e. The van der Waals surface area contributed by atoms with Crippen LogP contribution >= 0.6 is 24.0 Å². The number of aliphatic imine (C=N–C) groups is 1. The van der Waals surface area contributed by atoms with Crippen LogP contribution in [0.3, 0.4) is 0 Å². The predicted octanol–water partition coefficient (Wildman–Crippen LogP) is 2.52. The molecule has 2 heterocycles. The van der Waals surface area contributed by atoms with Gasteiger partial charge in [-0.3, -0.25) is 9.79 Å². The molecule has 0 aromatic heterocycles. The van der Waals surface area contributed by atoms with Crippen LogP contribution < -0.4 is 15.5 Å². The van der Waals surface area contributed by atoms with E-state index >= 15 is 0 Å². The van der Waals surface area contributed by atoms with Crippen LogP contribution in [0.5, 0.6) is 0 Å². The number of rotatable bonds is 6. The maximum absolute atomic E-state index is 13.1. The van der Waals surface area contributed by atoms with E-state index in [1.54, 1.807) is 19.2 Å². The molecule has 0 bridgehead atoms. The van der Waals surface area contributed by atoms with Crippen molar-refractivity contribution >= 4 is 41.5 Å². The third-order valence-electron chi connectivity index (χ3n) is 6.28. The van der Waals surface area contributed by atoms with Gasteiger partial charge in [0.15, 0.2) is 5.96 Å². The summed E-state index contributed by atoms with van der Waals surface area (Å²) in [5.74, 6) is 0.708. The van der Waals surface area contributed by atoms with Gasteiger partial charge in [-0.1, -0.05) is 0 Å². The number of benzene rings is 1. The summed E-state index contributed by atoms with van der Waals surface area (Å²) >= 11 is 0. The molecule has 1 aromatic carbocycles. The highest BCUT2D eigenvalue weighted by Gasteiger charge is 2.23. The van der Waals surface area contributed by atoms with E-state index in [4.69, 9.17) is 0 Å². The summed E-state index contributed by atoms with van der Waals surface area (Å²) in [6, 6.07) is 7.57. The molecule has 9 heteroatoms. The predicted molar refractivity (Wildman–Crippen MR) is 139 cm³/mol. The van der Waals surface area contributed by atoms with Gasteiger partial charge in [-0.25, -0.2) is 4.39 Å². The van der Waals surface area contributed by atoms with E-state index in [0.29, 0.717) is 38.1 Å². The Morgan fingerprint density at radius 1 is 1.09 bits per heavy atom. The first-order valence-corrected chi connectivity index (χ1v) is 11.5. The number of likely N-dealkylation sites (tertiary alicyclic amines) is 1. The number of halogens is 2. The van der Waals surface area contributed by atoms with Gasteiger partial charge >= 0.3 is 0 Å².